The number of anilines is 1. The molecule has 0 saturated heterocycles. The molecule has 0 aliphatic carbocycles. The van der Waals surface area contributed by atoms with E-state index in [2.05, 4.69) is 20.8 Å². The van der Waals surface area contributed by atoms with E-state index in [0.29, 0.717) is 16.4 Å². The van der Waals surface area contributed by atoms with Crippen LogP contribution in [0.3, 0.4) is 0 Å². The fraction of sp³-hybridized carbons (Fsp3) is 0.211. The lowest BCUT2D eigenvalue weighted by Gasteiger charge is -2.10. The number of hydrogen-bond donors (Lipinski definition) is 1. The van der Waals surface area contributed by atoms with Crippen LogP contribution in [0.5, 0.6) is 0 Å². The molecule has 0 spiro atoms. The third kappa shape index (κ3) is 4.37. The van der Waals surface area contributed by atoms with Gasteiger partial charge in [0, 0.05) is 5.69 Å². The molecule has 9 heteroatoms. The number of benzene rings is 2. The number of aromatic nitrogens is 4. The van der Waals surface area contributed by atoms with Crippen molar-refractivity contribution in [1.82, 2.24) is 20.2 Å². The average molecular weight is 397 g/mol. The van der Waals surface area contributed by atoms with Gasteiger partial charge >= 0.3 is 5.97 Å². The van der Waals surface area contributed by atoms with Crippen molar-refractivity contribution < 1.29 is 14.3 Å². The van der Waals surface area contributed by atoms with E-state index in [1.807, 2.05) is 32.0 Å². The molecule has 1 amide bonds. The Morgan fingerprint density at radius 1 is 1.18 bits per heavy atom. The number of carbonyl (C=O) groups is 2. The van der Waals surface area contributed by atoms with E-state index < -0.39 is 5.97 Å². The third-order valence-corrected chi connectivity index (χ3v) is 5.08. The first-order valence-corrected chi connectivity index (χ1v) is 9.44. The number of thioether (sulfide) groups is 1. The zero-order chi connectivity index (χ0) is 20.1. The number of nitrogens with one attached hydrogen (secondary N) is 1. The highest BCUT2D eigenvalue weighted by atomic mass is 32.2. The summed E-state index contributed by atoms with van der Waals surface area (Å²) in [6.07, 6.45) is 0. The zero-order valence-corrected chi connectivity index (χ0v) is 16.5. The highest BCUT2D eigenvalue weighted by Crippen LogP contribution is 2.21. The number of methoxy groups -OCH3 is 1. The van der Waals surface area contributed by atoms with E-state index in [1.165, 1.54) is 23.6 Å². The van der Waals surface area contributed by atoms with Gasteiger partial charge in [0.1, 0.15) is 0 Å². The minimum absolute atomic E-state index is 0.143. The highest BCUT2D eigenvalue weighted by molar-refractivity contribution is 7.99. The second kappa shape index (κ2) is 8.66. The Labute approximate surface area is 166 Å². The Morgan fingerprint density at radius 2 is 1.96 bits per heavy atom. The first-order chi connectivity index (χ1) is 13.5. The van der Waals surface area contributed by atoms with Crippen LogP contribution in [0, 0.1) is 13.8 Å². The van der Waals surface area contributed by atoms with Crippen molar-refractivity contribution in [3.8, 4) is 5.69 Å². The number of ether oxygens (including phenoxy) is 1. The van der Waals surface area contributed by atoms with Crippen LogP contribution in [0.2, 0.25) is 0 Å². The van der Waals surface area contributed by atoms with E-state index in [1.54, 1.807) is 24.3 Å². The lowest BCUT2D eigenvalue weighted by atomic mass is 10.1. The van der Waals surface area contributed by atoms with Gasteiger partial charge in [-0.25, -0.2) is 4.79 Å². The summed E-state index contributed by atoms with van der Waals surface area (Å²) in [4.78, 5) is 24.0. The van der Waals surface area contributed by atoms with Gasteiger partial charge in [-0.1, -0.05) is 30.0 Å². The SMILES string of the molecule is COC(=O)c1cccc(-n2nnnc2SCC(=O)Nc2cccc(C)c2C)c1. The van der Waals surface area contributed by atoms with Gasteiger partial charge < -0.3 is 10.1 Å². The van der Waals surface area contributed by atoms with Gasteiger partial charge in [0.2, 0.25) is 11.1 Å². The summed E-state index contributed by atoms with van der Waals surface area (Å²) in [6, 6.07) is 12.5. The van der Waals surface area contributed by atoms with Crippen LogP contribution >= 0.6 is 11.8 Å². The molecule has 0 aliphatic rings. The standard InChI is InChI=1S/C19H19N5O3S/c1-12-6-4-9-16(13(12)2)20-17(25)11-28-19-21-22-23-24(19)15-8-5-7-14(10-15)18(26)27-3/h4-10H,11H2,1-3H3,(H,20,25). The maximum atomic E-state index is 12.3. The van der Waals surface area contributed by atoms with E-state index >= 15 is 0 Å². The van der Waals surface area contributed by atoms with Gasteiger partial charge in [-0.3, -0.25) is 4.79 Å². The van der Waals surface area contributed by atoms with E-state index in [9.17, 15) is 9.59 Å². The molecule has 0 saturated carbocycles. The molecule has 8 nitrogen and oxygen atoms in total. The monoisotopic (exact) mass is 397 g/mol. The van der Waals surface area contributed by atoms with Crippen LogP contribution in [0.25, 0.3) is 5.69 Å². The number of rotatable bonds is 6. The molecule has 1 heterocycles. The number of hydrogen-bond acceptors (Lipinski definition) is 7. The molecule has 0 aliphatic heterocycles. The second-order valence-electron chi connectivity index (χ2n) is 6.00. The van der Waals surface area contributed by atoms with Crippen molar-refractivity contribution in [1.29, 1.82) is 0 Å². The van der Waals surface area contributed by atoms with Crippen LogP contribution in [0.1, 0.15) is 21.5 Å². The molecular formula is C19H19N5O3S. The molecule has 28 heavy (non-hydrogen) atoms. The van der Waals surface area contributed by atoms with Crippen LogP contribution in [-0.2, 0) is 9.53 Å². The summed E-state index contributed by atoms with van der Waals surface area (Å²) in [7, 11) is 1.32. The number of amides is 1. The Bertz CT molecular complexity index is 1020. The molecule has 0 radical (unpaired) electrons. The van der Waals surface area contributed by atoms with Gasteiger partial charge in [0.25, 0.3) is 0 Å². The molecule has 0 atom stereocenters. The van der Waals surface area contributed by atoms with Crippen LogP contribution in [0.15, 0.2) is 47.6 Å². The van der Waals surface area contributed by atoms with Gasteiger partial charge in [-0.2, -0.15) is 4.68 Å². The molecule has 3 rings (SSSR count). The largest absolute Gasteiger partial charge is 0.465 e. The second-order valence-corrected chi connectivity index (χ2v) is 6.94. The van der Waals surface area contributed by atoms with Crippen molar-refractivity contribution in [2.75, 3.05) is 18.2 Å². The lowest BCUT2D eigenvalue weighted by molar-refractivity contribution is -0.113. The van der Waals surface area contributed by atoms with Gasteiger partial charge in [0.15, 0.2) is 0 Å². The number of nitrogens with zero attached hydrogens (tertiary/aromatic N) is 4. The zero-order valence-electron chi connectivity index (χ0n) is 15.7. The third-order valence-electron chi connectivity index (χ3n) is 4.16. The summed E-state index contributed by atoms with van der Waals surface area (Å²) in [6.45, 7) is 3.96. The Kier molecular flexibility index (Phi) is 6.05. The number of tetrazole rings is 1. The van der Waals surface area contributed by atoms with Crippen molar-refractivity contribution in [2.45, 2.75) is 19.0 Å². The lowest BCUT2D eigenvalue weighted by Crippen LogP contribution is -2.15. The van der Waals surface area contributed by atoms with Crippen LogP contribution in [0.4, 0.5) is 5.69 Å². The fourth-order valence-corrected chi connectivity index (χ4v) is 3.21. The van der Waals surface area contributed by atoms with Gasteiger partial charge in [0.05, 0.1) is 24.1 Å². The molecule has 0 unspecified atom stereocenters. The summed E-state index contributed by atoms with van der Waals surface area (Å²) in [5, 5.41) is 14.9. The molecule has 2 aromatic carbocycles. The molecule has 0 fully saturated rings. The van der Waals surface area contributed by atoms with Crippen LogP contribution in [-0.4, -0.2) is 44.9 Å². The van der Waals surface area contributed by atoms with E-state index in [4.69, 9.17) is 4.74 Å². The maximum Gasteiger partial charge on any atom is 0.337 e. The van der Waals surface area contributed by atoms with Crippen LogP contribution < -0.4 is 5.32 Å². The average Bonchev–Trinajstić information content (AvgIpc) is 3.18. The number of esters is 1. The Hall–Kier alpha value is -3.20. The summed E-state index contributed by atoms with van der Waals surface area (Å²) in [5.41, 5.74) is 3.92. The molecular weight excluding hydrogens is 378 g/mol. The van der Waals surface area contributed by atoms with Gasteiger partial charge in [-0.05, 0) is 59.7 Å². The Morgan fingerprint density at radius 3 is 2.75 bits per heavy atom. The topological polar surface area (TPSA) is 99.0 Å². The predicted molar refractivity (Wildman–Crippen MR) is 106 cm³/mol. The quantitative estimate of drug-likeness (QED) is 0.504. The minimum Gasteiger partial charge on any atom is -0.465 e. The van der Waals surface area contributed by atoms with E-state index in [-0.39, 0.29) is 11.7 Å². The summed E-state index contributed by atoms with van der Waals surface area (Å²) in [5.74, 6) is -0.460. The number of aryl methyl sites for hydroxylation is 1. The van der Waals surface area contributed by atoms with Crippen molar-refractivity contribution in [3.05, 3.63) is 59.2 Å². The summed E-state index contributed by atoms with van der Waals surface area (Å²) < 4.78 is 6.21. The maximum absolute atomic E-state index is 12.3. The first kappa shape index (κ1) is 19.6. The van der Waals surface area contributed by atoms with E-state index in [0.717, 1.165) is 16.8 Å². The molecule has 0 bridgehead atoms. The van der Waals surface area contributed by atoms with Gasteiger partial charge in [-0.15, -0.1) is 5.10 Å². The number of carbonyl (C=O) groups excluding carboxylic acids is 2. The minimum atomic E-state index is -0.447. The predicted octanol–water partition coefficient (Wildman–Crippen LogP) is 2.80. The molecule has 1 N–H and O–H groups in total. The smallest absolute Gasteiger partial charge is 0.337 e. The Balaban J connectivity index is 1.70. The van der Waals surface area contributed by atoms with Crippen molar-refractivity contribution >= 4 is 29.3 Å². The molecule has 1 aromatic heterocycles. The summed E-state index contributed by atoms with van der Waals surface area (Å²) >= 11 is 1.20. The molecule has 144 valence electrons. The fourth-order valence-electron chi connectivity index (χ4n) is 2.52. The normalized spacial score (nSPS) is 10.5. The first-order valence-electron chi connectivity index (χ1n) is 8.45. The van der Waals surface area contributed by atoms with Crippen molar-refractivity contribution in [2.24, 2.45) is 0 Å². The molecule has 3 aromatic rings. The van der Waals surface area contributed by atoms with Crippen molar-refractivity contribution in [3.63, 3.8) is 0 Å². The highest BCUT2D eigenvalue weighted by Gasteiger charge is 2.14.